The number of nitrogens with two attached hydrogens (primary N) is 1. The Bertz CT molecular complexity index is 612. The Morgan fingerprint density at radius 2 is 2.24 bits per heavy atom. The monoisotopic (exact) mass is 285 g/mol. The molecular weight excluding hydrogens is 262 g/mol. The molecule has 1 unspecified atom stereocenters. The fraction of sp³-hybridized carbons (Fsp3) is 0.471. The van der Waals surface area contributed by atoms with Crippen LogP contribution in [0.15, 0.2) is 30.3 Å². The summed E-state index contributed by atoms with van der Waals surface area (Å²) >= 11 is 0. The molecule has 1 aliphatic rings. The summed E-state index contributed by atoms with van der Waals surface area (Å²) in [5, 5.41) is 1.16. The molecule has 0 radical (unpaired) electrons. The number of hydrogen-bond donors (Lipinski definition) is 1. The number of pyridine rings is 1. The molecule has 0 spiro atoms. The first-order valence-corrected chi connectivity index (χ1v) is 7.61. The number of fused-ring (bicyclic) bond motifs is 1. The molecule has 1 aliphatic heterocycles. The lowest BCUT2D eigenvalue weighted by atomic mass is 9.98. The van der Waals surface area contributed by atoms with Crippen LogP contribution in [0.5, 0.6) is 0 Å². The quantitative estimate of drug-likeness (QED) is 0.938. The van der Waals surface area contributed by atoms with E-state index in [1.165, 1.54) is 12.8 Å². The molecule has 0 amide bonds. The summed E-state index contributed by atoms with van der Waals surface area (Å²) in [5.74, 6) is 1.29. The zero-order valence-corrected chi connectivity index (χ0v) is 12.6. The van der Waals surface area contributed by atoms with Crippen molar-refractivity contribution in [2.24, 2.45) is 5.92 Å². The normalized spacial score (nSPS) is 20.0. The first kappa shape index (κ1) is 14.3. The maximum absolute atomic E-state index is 6.13. The minimum atomic E-state index is 0.637. The van der Waals surface area contributed by atoms with E-state index in [2.05, 4.69) is 22.0 Å². The predicted octanol–water partition coefficient (Wildman–Crippen LogP) is 2.68. The number of methoxy groups -OCH3 is 1. The van der Waals surface area contributed by atoms with Crippen molar-refractivity contribution in [3.05, 3.63) is 35.9 Å². The van der Waals surface area contributed by atoms with Crippen molar-refractivity contribution in [2.45, 2.75) is 19.4 Å². The maximum atomic E-state index is 6.13. The molecule has 3 rings (SSSR count). The van der Waals surface area contributed by atoms with Crippen LogP contribution in [0.3, 0.4) is 0 Å². The molecule has 0 aliphatic carbocycles. The second-order valence-electron chi connectivity index (χ2n) is 5.92. The fourth-order valence-electron chi connectivity index (χ4n) is 3.21. The smallest absolute Gasteiger partial charge is 0.128 e. The molecule has 1 aromatic carbocycles. The van der Waals surface area contributed by atoms with Gasteiger partial charge in [0.05, 0.1) is 12.1 Å². The van der Waals surface area contributed by atoms with Gasteiger partial charge in [-0.2, -0.15) is 0 Å². The average molecular weight is 285 g/mol. The van der Waals surface area contributed by atoms with Gasteiger partial charge in [0.2, 0.25) is 0 Å². The summed E-state index contributed by atoms with van der Waals surface area (Å²) in [7, 11) is 1.78. The third kappa shape index (κ3) is 3.34. The Morgan fingerprint density at radius 3 is 3.10 bits per heavy atom. The van der Waals surface area contributed by atoms with Gasteiger partial charge < -0.3 is 10.5 Å². The number of nitrogen functional groups attached to an aromatic ring is 1. The van der Waals surface area contributed by atoms with Crippen LogP contribution >= 0.6 is 0 Å². The van der Waals surface area contributed by atoms with Crippen LogP contribution in [0.1, 0.15) is 18.4 Å². The largest absolute Gasteiger partial charge is 0.384 e. The zero-order chi connectivity index (χ0) is 14.7. The highest BCUT2D eigenvalue weighted by Crippen LogP contribution is 2.23. The third-order valence-electron chi connectivity index (χ3n) is 4.24. The maximum Gasteiger partial charge on any atom is 0.128 e. The molecule has 1 fully saturated rings. The summed E-state index contributed by atoms with van der Waals surface area (Å²) in [6, 6.07) is 10.3. The standard InChI is InChI=1S/C17H23N3O/c1-21-12-13-5-4-8-20(10-13)11-15-9-14-6-2-3-7-16(14)19-17(15)18/h2-3,6-7,9,13H,4-5,8,10-12H2,1H3,(H2,18,19). The lowest BCUT2D eigenvalue weighted by Gasteiger charge is -2.32. The molecule has 2 aromatic rings. The number of benzene rings is 1. The number of nitrogens with zero attached hydrogens (tertiary/aromatic N) is 2. The van der Waals surface area contributed by atoms with E-state index in [1.54, 1.807) is 7.11 Å². The van der Waals surface area contributed by atoms with Crippen molar-refractivity contribution in [3.8, 4) is 0 Å². The molecule has 1 saturated heterocycles. The summed E-state index contributed by atoms with van der Waals surface area (Å²) in [6.07, 6.45) is 2.49. The van der Waals surface area contributed by atoms with E-state index >= 15 is 0 Å². The highest BCUT2D eigenvalue weighted by Gasteiger charge is 2.20. The Balaban J connectivity index is 1.76. The highest BCUT2D eigenvalue weighted by atomic mass is 16.5. The topological polar surface area (TPSA) is 51.4 Å². The molecule has 21 heavy (non-hydrogen) atoms. The van der Waals surface area contributed by atoms with E-state index < -0.39 is 0 Å². The van der Waals surface area contributed by atoms with Gasteiger partial charge in [-0.25, -0.2) is 4.98 Å². The number of anilines is 1. The number of para-hydroxylation sites is 1. The minimum absolute atomic E-state index is 0.637. The summed E-state index contributed by atoms with van der Waals surface area (Å²) in [6.45, 7) is 3.94. The van der Waals surface area contributed by atoms with Crippen molar-refractivity contribution >= 4 is 16.7 Å². The third-order valence-corrected chi connectivity index (χ3v) is 4.24. The van der Waals surface area contributed by atoms with Gasteiger partial charge in [-0.05, 0) is 37.4 Å². The van der Waals surface area contributed by atoms with E-state index in [4.69, 9.17) is 10.5 Å². The van der Waals surface area contributed by atoms with Gasteiger partial charge >= 0.3 is 0 Å². The van der Waals surface area contributed by atoms with Gasteiger partial charge in [-0.15, -0.1) is 0 Å². The van der Waals surface area contributed by atoms with Crippen molar-refractivity contribution in [2.75, 3.05) is 32.5 Å². The number of likely N-dealkylation sites (tertiary alicyclic amines) is 1. The number of ether oxygens (including phenoxy) is 1. The fourth-order valence-corrected chi connectivity index (χ4v) is 3.21. The van der Waals surface area contributed by atoms with E-state index in [1.807, 2.05) is 18.2 Å². The molecule has 0 bridgehead atoms. The van der Waals surface area contributed by atoms with Gasteiger partial charge in [0.25, 0.3) is 0 Å². The lowest BCUT2D eigenvalue weighted by Crippen LogP contribution is -2.36. The van der Waals surface area contributed by atoms with Crippen molar-refractivity contribution in [3.63, 3.8) is 0 Å². The Kier molecular flexibility index (Phi) is 4.36. The summed E-state index contributed by atoms with van der Waals surface area (Å²) < 4.78 is 5.30. The van der Waals surface area contributed by atoms with E-state index in [-0.39, 0.29) is 0 Å². The molecule has 0 saturated carbocycles. The number of hydrogen-bond acceptors (Lipinski definition) is 4. The minimum Gasteiger partial charge on any atom is -0.384 e. The van der Waals surface area contributed by atoms with Gasteiger partial charge in [-0.3, -0.25) is 4.90 Å². The van der Waals surface area contributed by atoms with Crippen LogP contribution in [0.2, 0.25) is 0 Å². The SMILES string of the molecule is COCC1CCCN(Cc2cc3ccccc3nc2N)C1. The second-order valence-corrected chi connectivity index (χ2v) is 5.92. The van der Waals surface area contributed by atoms with Crippen molar-refractivity contribution in [1.82, 2.24) is 9.88 Å². The molecule has 4 heteroatoms. The van der Waals surface area contributed by atoms with Gasteiger partial charge in [0.1, 0.15) is 5.82 Å². The first-order valence-electron chi connectivity index (χ1n) is 7.61. The Labute approximate surface area is 125 Å². The molecule has 1 aromatic heterocycles. The molecule has 4 nitrogen and oxygen atoms in total. The summed E-state index contributed by atoms with van der Waals surface area (Å²) in [5.41, 5.74) is 8.23. The van der Waals surface area contributed by atoms with Gasteiger partial charge in [0.15, 0.2) is 0 Å². The average Bonchev–Trinajstić information content (AvgIpc) is 2.49. The van der Waals surface area contributed by atoms with Crippen LogP contribution in [0.4, 0.5) is 5.82 Å². The van der Waals surface area contributed by atoms with Crippen molar-refractivity contribution < 1.29 is 4.74 Å². The van der Waals surface area contributed by atoms with Gasteiger partial charge in [-0.1, -0.05) is 18.2 Å². The lowest BCUT2D eigenvalue weighted by molar-refractivity contribution is 0.0874. The van der Waals surface area contributed by atoms with Crippen LogP contribution in [-0.4, -0.2) is 36.7 Å². The predicted molar refractivity (Wildman–Crippen MR) is 86.0 cm³/mol. The van der Waals surface area contributed by atoms with E-state index in [0.29, 0.717) is 11.7 Å². The number of aromatic nitrogens is 1. The first-order chi connectivity index (χ1) is 10.3. The molecule has 2 N–H and O–H groups in total. The molecule has 112 valence electrons. The van der Waals surface area contributed by atoms with Crippen molar-refractivity contribution in [1.29, 1.82) is 0 Å². The van der Waals surface area contributed by atoms with Gasteiger partial charge in [0, 0.05) is 31.1 Å². The van der Waals surface area contributed by atoms with E-state index in [9.17, 15) is 0 Å². The zero-order valence-electron chi connectivity index (χ0n) is 12.6. The molecule has 2 heterocycles. The number of rotatable bonds is 4. The molecular formula is C17H23N3O. The molecule has 1 atom stereocenters. The van der Waals surface area contributed by atoms with Crippen LogP contribution in [0, 0.1) is 5.92 Å². The van der Waals surface area contributed by atoms with Crippen LogP contribution in [-0.2, 0) is 11.3 Å². The number of piperidine rings is 1. The van der Waals surface area contributed by atoms with E-state index in [0.717, 1.165) is 42.7 Å². The second kappa shape index (κ2) is 6.41. The Hall–Kier alpha value is -1.65. The summed E-state index contributed by atoms with van der Waals surface area (Å²) in [4.78, 5) is 6.99. The Morgan fingerprint density at radius 1 is 1.38 bits per heavy atom. The van der Waals surface area contributed by atoms with Crippen LogP contribution in [0.25, 0.3) is 10.9 Å². The highest BCUT2D eigenvalue weighted by molar-refractivity contribution is 5.81. The van der Waals surface area contributed by atoms with Crippen LogP contribution < -0.4 is 5.73 Å².